The molecule has 3 amide bonds. The van der Waals surface area contributed by atoms with Crippen LogP contribution in [-0.2, 0) is 20.8 Å². The van der Waals surface area contributed by atoms with Crippen molar-refractivity contribution in [3.05, 3.63) is 33.9 Å². The fraction of sp³-hybridized carbons (Fsp3) is 0.692. The van der Waals surface area contributed by atoms with Gasteiger partial charge in [-0.15, -0.1) is 0 Å². The van der Waals surface area contributed by atoms with E-state index < -0.39 is 86.0 Å². The molecular weight excluding hydrogens is 634 g/mol. The van der Waals surface area contributed by atoms with Gasteiger partial charge < -0.3 is 4.90 Å². The molecule has 9 nitrogen and oxygen atoms in total. The minimum Gasteiger partial charge on any atom is -0.310 e. The summed E-state index contributed by atoms with van der Waals surface area (Å²) in [6, 6.07) is 0.757. The zero-order chi connectivity index (χ0) is 33.7. The summed E-state index contributed by atoms with van der Waals surface area (Å²) in [6.45, 7) is 2.79. The topological polar surface area (TPSA) is 118 Å². The van der Waals surface area contributed by atoms with Gasteiger partial charge in [0.05, 0.1) is 27.7 Å². The normalized spacial score (nSPS) is 16.2. The molecule has 0 aliphatic carbocycles. The Kier molecular flexibility index (Phi) is 11.8. The first-order valence-electron chi connectivity index (χ1n) is 13.7. The lowest BCUT2D eigenvalue weighted by Crippen LogP contribution is -2.44. The van der Waals surface area contributed by atoms with Crippen LogP contribution in [0.1, 0.15) is 77.2 Å². The number of non-ortho nitro benzene ring substituents is 1. The Morgan fingerprint density at radius 1 is 0.841 bits per heavy atom. The van der Waals surface area contributed by atoms with E-state index in [1.54, 1.807) is 0 Å². The molecule has 1 aliphatic heterocycles. The fourth-order valence-electron chi connectivity index (χ4n) is 4.72. The molecule has 1 heterocycles. The molecule has 44 heavy (non-hydrogen) atoms. The highest BCUT2D eigenvalue weighted by atomic mass is 32.2. The second-order valence-corrected chi connectivity index (χ2v) is 13.3. The number of carbonyl (C=O) groups is 2. The molecule has 0 bridgehead atoms. The molecular formula is C26H33F8N3O6S. The predicted molar refractivity (Wildman–Crippen MR) is 143 cm³/mol. The van der Waals surface area contributed by atoms with E-state index in [-0.39, 0.29) is 24.8 Å². The number of anilines is 1. The number of nitro benzene ring substituents is 1. The van der Waals surface area contributed by atoms with Crippen molar-refractivity contribution >= 4 is 33.2 Å². The van der Waals surface area contributed by atoms with Crippen LogP contribution in [0, 0.1) is 10.1 Å². The number of sulfone groups is 1. The summed E-state index contributed by atoms with van der Waals surface area (Å²) >= 11 is 0. The van der Waals surface area contributed by atoms with E-state index in [9.17, 15) is 63.2 Å². The van der Waals surface area contributed by atoms with Gasteiger partial charge in [0, 0.05) is 25.1 Å². The Hall–Kier alpha value is -3.05. The lowest BCUT2D eigenvalue weighted by molar-refractivity contribution is -0.385. The van der Waals surface area contributed by atoms with Gasteiger partial charge in [-0.05, 0) is 39.2 Å². The van der Waals surface area contributed by atoms with Gasteiger partial charge in [-0.1, -0.05) is 32.1 Å². The molecule has 18 heteroatoms. The Bertz CT molecular complexity index is 1320. The molecule has 0 atom stereocenters. The number of halogens is 8. The monoisotopic (exact) mass is 667 g/mol. The number of hydrogen-bond acceptors (Lipinski definition) is 6. The molecule has 1 aromatic rings. The number of benzene rings is 1. The first-order chi connectivity index (χ1) is 20.0. The smallest absolute Gasteiger partial charge is 0.310 e. The zero-order valence-corrected chi connectivity index (χ0v) is 24.8. The number of alkyl halides is 8. The Morgan fingerprint density at radius 2 is 1.36 bits per heavy atom. The van der Waals surface area contributed by atoms with Crippen LogP contribution in [0.25, 0.3) is 0 Å². The summed E-state index contributed by atoms with van der Waals surface area (Å²) < 4.78 is 127. The van der Waals surface area contributed by atoms with Crippen molar-refractivity contribution in [1.82, 2.24) is 4.90 Å². The van der Waals surface area contributed by atoms with Crippen LogP contribution in [0.4, 0.5) is 51.3 Å². The van der Waals surface area contributed by atoms with Gasteiger partial charge in [0.15, 0.2) is 0 Å². The summed E-state index contributed by atoms with van der Waals surface area (Å²) in [5, 5.41) is 11.0. The maximum Gasteiger partial charge on any atom is 0.453 e. The van der Waals surface area contributed by atoms with Gasteiger partial charge in [-0.25, -0.2) is 18.1 Å². The summed E-state index contributed by atoms with van der Waals surface area (Å²) in [5.74, 6) is -6.98. The highest BCUT2D eigenvalue weighted by Gasteiger charge is 2.56. The number of rotatable bonds is 16. The van der Waals surface area contributed by atoms with E-state index in [1.165, 1.54) is 13.8 Å². The van der Waals surface area contributed by atoms with Gasteiger partial charge in [0.25, 0.3) is 11.6 Å². The lowest BCUT2D eigenvalue weighted by Gasteiger charge is -2.27. The summed E-state index contributed by atoms with van der Waals surface area (Å²) in [6.07, 6.45) is -9.72. The number of amides is 3. The number of nitrogens with zero attached hydrogens (tertiary/aromatic N) is 3. The zero-order valence-electron chi connectivity index (χ0n) is 23.9. The number of nitro groups is 1. The van der Waals surface area contributed by atoms with E-state index in [1.807, 2.05) is 0 Å². The maximum absolute atomic E-state index is 13.7. The van der Waals surface area contributed by atoms with Crippen molar-refractivity contribution in [2.45, 2.75) is 95.4 Å². The molecule has 1 fully saturated rings. The molecule has 2 rings (SSSR count). The largest absolute Gasteiger partial charge is 0.453 e. The van der Waals surface area contributed by atoms with Crippen molar-refractivity contribution in [3.63, 3.8) is 0 Å². The average Bonchev–Trinajstić information content (AvgIpc) is 3.04. The second-order valence-electron chi connectivity index (χ2n) is 11.0. The maximum atomic E-state index is 13.7. The molecule has 1 saturated heterocycles. The molecule has 0 unspecified atom stereocenters. The molecule has 0 spiro atoms. The Balaban J connectivity index is 1.81. The lowest BCUT2D eigenvalue weighted by atomic mass is 10.0. The van der Waals surface area contributed by atoms with Crippen molar-refractivity contribution in [2.24, 2.45) is 0 Å². The van der Waals surface area contributed by atoms with E-state index in [2.05, 4.69) is 0 Å². The number of hydrogen-bond donors (Lipinski definition) is 0. The molecule has 0 radical (unpaired) electrons. The van der Waals surface area contributed by atoms with Crippen LogP contribution in [0.5, 0.6) is 0 Å². The van der Waals surface area contributed by atoms with Crippen LogP contribution >= 0.6 is 0 Å². The van der Waals surface area contributed by atoms with Crippen LogP contribution in [0.2, 0.25) is 0 Å². The van der Waals surface area contributed by atoms with Gasteiger partial charge in [-0.2, -0.15) is 35.1 Å². The summed E-state index contributed by atoms with van der Waals surface area (Å²) in [5.41, 5.74) is -4.66. The summed E-state index contributed by atoms with van der Waals surface area (Å²) in [7, 11) is -3.78. The van der Waals surface area contributed by atoms with Gasteiger partial charge >= 0.3 is 24.3 Å². The minimum atomic E-state index is -5.73. The van der Waals surface area contributed by atoms with Crippen molar-refractivity contribution in [1.29, 1.82) is 0 Å². The molecule has 0 N–H and O–H groups in total. The third-order valence-electron chi connectivity index (χ3n) is 7.26. The first-order valence-corrected chi connectivity index (χ1v) is 15.5. The standard InChI is InChI=1S/C26H33F8N3O6S/c1-23(2)21(38)36(20-12-11-18(37(40)41)17-19(20)25(29,30)31)22(39)35(23)14-8-6-4-3-5-7-9-15-44(42,43)16-10-13-24(27,28)26(32,33)34/h11-12,17H,3-10,13-16H2,1-2H3. The van der Waals surface area contributed by atoms with E-state index in [0.29, 0.717) is 49.5 Å². The van der Waals surface area contributed by atoms with Crippen molar-refractivity contribution in [2.75, 3.05) is 23.0 Å². The minimum absolute atomic E-state index is 0.0357. The first kappa shape index (κ1) is 37.1. The van der Waals surface area contributed by atoms with E-state index >= 15 is 0 Å². The third kappa shape index (κ3) is 9.23. The van der Waals surface area contributed by atoms with Crippen molar-refractivity contribution in [3.8, 4) is 0 Å². The number of unbranched alkanes of at least 4 members (excludes halogenated alkanes) is 6. The number of carbonyl (C=O) groups excluding carboxylic acids is 2. The summed E-state index contributed by atoms with van der Waals surface area (Å²) in [4.78, 5) is 37.6. The van der Waals surface area contributed by atoms with Crippen LogP contribution < -0.4 is 4.90 Å². The average molecular weight is 668 g/mol. The Labute approximate surface area is 248 Å². The predicted octanol–water partition coefficient (Wildman–Crippen LogP) is 7.28. The second kappa shape index (κ2) is 13.9. The highest BCUT2D eigenvalue weighted by molar-refractivity contribution is 7.91. The van der Waals surface area contributed by atoms with Crippen molar-refractivity contribution < 1.29 is 58.1 Å². The molecule has 0 saturated carbocycles. The molecule has 1 aliphatic rings. The highest BCUT2D eigenvalue weighted by Crippen LogP contribution is 2.42. The van der Waals surface area contributed by atoms with Gasteiger partial charge in [0.2, 0.25) is 0 Å². The number of imide groups is 1. The van der Waals surface area contributed by atoms with E-state index in [4.69, 9.17) is 0 Å². The van der Waals surface area contributed by atoms with Gasteiger partial charge in [0.1, 0.15) is 15.4 Å². The van der Waals surface area contributed by atoms with Gasteiger partial charge in [-0.3, -0.25) is 14.9 Å². The quantitative estimate of drug-likeness (QED) is 0.0601. The van der Waals surface area contributed by atoms with E-state index in [0.717, 1.165) is 11.0 Å². The molecule has 0 aromatic heterocycles. The van der Waals surface area contributed by atoms with Crippen LogP contribution in [0.3, 0.4) is 0 Å². The fourth-order valence-corrected chi connectivity index (χ4v) is 6.15. The SMILES string of the molecule is CC1(C)C(=O)N(c2ccc([N+](=O)[O-])cc2C(F)(F)F)C(=O)N1CCCCCCCCCS(=O)(=O)CCCC(F)(F)C(F)(F)F. The molecule has 250 valence electrons. The number of urea groups is 1. The van der Waals surface area contributed by atoms with Crippen LogP contribution in [0.15, 0.2) is 18.2 Å². The third-order valence-corrected chi connectivity index (χ3v) is 9.08. The van der Waals surface area contributed by atoms with Crippen LogP contribution in [-0.4, -0.2) is 65.9 Å². The molecule has 1 aromatic carbocycles. The Morgan fingerprint density at radius 3 is 1.89 bits per heavy atom.